The first-order valence-corrected chi connectivity index (χ1v) is 11.5. The summed E-state index contributed by atoms with van der Waals surface area (Å²) in [5, 5.41) is 15.8. The summed E-state index contributed by atoms with van der Waals surface area (Å²) in [6, 6.07) is 11.9. The molecule has 9 nitrogen and oxygen atoms in total. The predicted molar refractivity (Wildman–Crippen MR) is 128 cm³/mol. The van der Waals surface area contributed by atoms with Gasteiger partial charge in [-0.3, -0.25) is 19.8 Å². The highest BCUT2D eigenvalue weighted by atomic mass is 19.1. The third-order valence-corrected chi connectivity index (χ3v) is 6.24. The van der Waals surface area contributed by atoms with Gasteiger partial charge in [0, 0.05) is 56.4 Å². The molecule has 184 valence electrons. The molecule has 0 radical (unpaired) electrons. The van der Waals surface area contributed by atoms with Crippen molar-refractivity contribution in [3.8, 4) is 5.69 Å². The third-order valence-electron chi connectivity index (χ3n) is 6.24. The number of halogens is 1. The van der Waals surface area contributed by atoms with Gasteiger partial charge in [0.25, 0.3) is 11.6 Å². The van der Waals surface area contributed by atoms with Gasteiger partial charge in [0.05, 0.1) is 35.2 Å². The average molecular weight is 482 g/mol. The summed E-state index contributed by atoms with van der Waals surface area (Å²) in [5.41, 5.74) is 3.72. The molecule has 0 saturated carbocycles. The molecule has 35 heavy (non-hydrogen) atoms. The number of nitro groups is 1. The van der Waals surface area contributed by atoms with E-state index in [0.717, 1.165) is 36.5 Å². The molecule has 0 saturated heterocycles. The Hall–Kier alpha value is -3.63. The van der Waals surface area contributed by atoms with Crippen LogP contribution in [0.4, 0.5) is 10.1 Å². The number of aromatic nitrogens is 2. The normalized spacial score (nSPS) is 13.5. The summed E-state index contributed by atoms with van der Waals surface area (Å²) in [7, 11) is 1.56. The van der Waals surface area contributed by atoms with E-state index in [2.05, 4.69) is 11.8 Å². The number of amides is 1. The maximum atomic E-state index is 14.0. The first-order chi connectivity index (χ1) is 16.9. The fourth-order valence-corrected chi connectivity index (χ4v) is 4.30. The summed E-state index contributed by atoms with van der Waals surface area (Å²) in [6.07, 6.45) is 0.765. The number of methoxy groups -OCH3 is 1. The molecule has 1 aliphatic rings. The Bertz CT molecular complexity index is 1210. The summed E-state index contributed by atoms with van der Waals surface area (Å²) >= 11 is 0. The number of nitrogens with zero attached hydrogens (tertiary/aromatic N) is 5. The number of non-ortho nitro benzene ring substituents is 1. The van der Waals surface area contributed by atoms with E-state index in [1.165, 1.54) is 36.4 Å². The highest BCUT2D eigenvalue weighted by Gasteiger charge is 2.27. The first kappa shape index (κ1) is 24.5. The molecule has 0 atom stereocenters. The molecule has 4 rings (SSSR count). The van der Waals surface area contributed by atoms with Crippen LogP contribution in [0.3, 0.4) is 0 Å². The Morgan fingerprint density at radius 3 is 2.69 bits per heavy atom. The Labute approximate surface area is 202 Å². The Morgan fingerprint density at radius 1 is 1.26 bits per heavy atom. The zero-order valence-electron chi connectivity index (χ0n) is 19.8. The SMILES string of the molecule is CCN1CCc2c(c(CN(CCOC)C(=O)c3ccc([N+](=O)[O-])cc3)nn2-c2cccc(F)c2)C1. The lowest BCUT2D eigenvalue weighted by Crippen LogP contribution is -2.35. The quantitative estimate of drug-likeness (QED) is 0.343. The predicted octanol–water partition coefficient (Wildman–Crippen LogP) is 3.59. The number of hydrogen-bond donors (Lipinski definition) is 0. The van der Waals surface area contributed by atoms with Crippen molar-refractivity contribution in [1.82, 2.24) is 19.6 Å². The summed E-state index contributed by atoms with van der Waals surface area (Å²) in [6.45, 7) is 5.45. The van der Waals surface area contributed by atoms with Crippen LogP contribution in [0, 0.1) is 15.9 Å². The molecular weight excluding hydrogens is 453 g/mol. The third kappa shape index (κ3) is 5.39. The van der Waals surface area contributed by atoms with Crippen molar-refractivity contribution < 1.29 is 18.8 Å². The van der Waals surface area contributed by atoms with E-state index in [9.17, 15) is 19.3 Å². The number of fused-ring (bicyclic) bond motifs is 1. The van der Waals surface area contributed by atoms with Crippen molar-refractivity contribution in [2.24, 2.45) is 0 Å². The Morgan fingerprint density at radius 2 is 2.03 bits per heavy atom. The molecule has 0 bridgehead atoms. The van der Waals surface area contributed by atoms with Crippen molar-refractivity contribution >= 4 is 11.6 Å². The molecule has 0 fully saturated rings. The van der Waals surface area contributed by atoms with Crippen molar-refractivity contribution in [3.63, 3.8) is 0 Å². The van der Waals surface area contributed by atoms with Crippen LogP contribution in [0.15, 0.2) is 48.5 Å². The van der Waals surface area contributed by atoms with Gasteiger partial charge >= 0.3 is 0 Å². The van der Waals surface area contributed by atoms with Gasteiger partial charge in [-0.1, -0.05) is 13.0 Å². The van der Waals surface area contributed by atoms with Crippen LogP contribution in [0.2, 0.25) is 0 Å². The lowest BCUT2D eigenvalue weighted by molar-refractivity contribution is -0.384. The number of nitro benzene ring substituents is 1. The number of carbonyl (C=O) groups excluding carboxylic acids is 1. The lowest BCUT2D eigenvalue weighted by Gasteiger charge is -2.27. The van der Waals surface area contributed by atoms with Crippen LogP contribution in [0.1, 0.15) is 34.2 Å². The molecule has 0 unspecified atom stereocenters. The molecule has 1 amide bonds. The monoisotopic (exact) mass is 481 g/mol. The zero-order valence-corrected chi connectivity index (χ0v) is 19.8. The fourth-order valence-electron chi connectivity index (χ4n) is 4.30. The van der Waals surface area contributed by atoms with Crippen LogP contribution >= 0.6 is 0 Å². The van der Waals surface area contributed by atoms with Crippen molar-refractivity contribution in [1.29, 1.82) is 0 Å². The second-order valence-electron chi connectivity index (χ2n) is 8.41. The van der Waals surface area contributed by atoms with E-state index in [4.69, 9.17) is 9.84 Å². The van der Waals surface area contributed by atoms with Gasteiger partial charge in [-0.25, -0.2) is 9.07 Å². The smallest absolute Gasteiger partial charge is 0.269 e. The van der Waals surface area contributed by atoms with Crippen molar-refractivity contribution in [3.05, 3.63) is 87.0 Å². The minimum absolute atomic E-state index is 0.0763. The van der Waals surface area contributed by atoms with Gasteiger partial charge < -0.3 is 9.64 Å². The molecule has 0 aliphatic carbocycles. The van der Waals surface area contributed by atoms with E-state index in [0.29, 0.717) is 30.9 Å². The van der Waals surface area contributed by atoms with E-state index < -0.39 is 4.92 Å². The second-order valence-corrected chi connectivity index (χ2v) is 8.41. The molecule has 3 aromatic rings. The minimum atomic E-state index is -0.498. The van der Waals surface area contributed by atoms with Gasteiger partial charge in [-0.05, 0) is 36.9 Å². The van der Waals surface area contributed by atoms with Gasteiger partial charge in [-0.2, -0.15) is 5.10 Å². The fraction of sp³-hybridized carbons (Fsp3) is 0.360. The topological polar surface area (TPSA) is 93.7 Å². The molecule has 0 spiro atoms. The molecule has 1 aromatic heterocycles. The Kier molecular flexibility index (Phi) is 7.52. The first-order valence-electron chi connectivity index (χ1n) is 11.5. The highest BCUT2D eigenvalue weighted by Crippen LogP contribution is 2.27. The molecule has 2 aromatic carbocycles. The van der Waals surface area contributed by atoms with E-state index in [-0.39, 0.29) is 24.0 Å². The zero-order chi connectivity index (χ0) is 24.9. The van der Waals surface area contributed by atoms with Gasteiger partial charge in [0.15, 0.2) is 0 Å². The molecule has 0 N–H and O–H groups in total. The van der Waals surface area contributed by atoms with Crippen LogP contribution in [-0.2, 0) is 24.2 Å². The number of hydrogen-bond acceptors (Lipinski definition) is 6. The molecule has 1 aliphatic heterocycles. The highest BCUT2D eigenvalue weighted by molar-refractivity contribution is 5.94. The van der Waals surface area contributed by atoms with Crippen molar-refractivity contribution in [2.45, 2.75) is 26.4 Å². The van der Waals surface area contributed by atoms with Crippen molar-refractivity contribution in [2.75, 3.05) is 33.4 Å². The van der Waals surface area contributed by atoms with E-state index >= 15 is 0 Å². The van der Waals surface area contributed by atoms with Crippen LogP contribution in [0.5, 0.6) is 0 Å². The maximum Gasteiger partial charge on any atom is 0.269 e. The number of rotatable bonds is 9. The van der Waals surface area contributed by atoms with Gasteiger partial charge in [-0.15, -0.1) is 0 Å². The number of benzene rings is 2. The molecule has 2 heterocycles. The van der Waals surface area contributed by atoms with Crippen LogP contribution in [-0.4, -0.2) is 63.8 Å². The average Bonchev–Trinajstić information content (AvgIpc) is 3.23. The summed E-state index contributed by atoms with van der Waals surface area (Å²) < 4.78 is 21.0. The number of ether oxygens (including phenoxy) is 1. The van der Waals surface area contributed by atoms with E-state index in [1.807, 2.05) is 6.07 Å². The van der Waals surface area contributed by atoms with Crippen LogP contribution < -0.4 is 0 Å². The van der Waals surface area contributed by atoms with E-state index in [1.54, 1.807) is 22.8 Å². The van der Waals surface area contributed by atoms with Gasteiger partial charge in [0.1, 0.15) is 5.82 Å². The lowest BCUT2D eigenvalue weighted by atomic mass is 10.0. The van der Waals surface area contributed by atoms with Crippen LogP contribution in [0.25, 0.3) is 5.69 Å². The maximum absolute atomic E-state index is 14.0. The largest absolute Gasteiger partial charge is 0.383 e. The number of carbonyl (C=O) groups is 1. The minimum Gasteiger partial charge on any atom is -0.383 e. The Balaban J connectivity index is 1.69. The summed E-state index contributed by atoms with van der Waals surface area (Å²) in [5.74, 6) is -0.608. The molecule has 10 heteroatoms. The second kappa shape index (κ2) is 10.7. The molecular formula is C25H28FN5O4. The summed E-state index contributed by atoms with van der Waals surface area (Å²) in [4.78, 5) is 27.8. The standard InChI is InChI=1S/C25H28FN5O4/c1-3-28-12-11-24-22(16-28)23(27-30(24)21-6-4-5-19(26)15-21)17-29(13-14-35-2)25(32)18-7-9-20(10-8-18)31(33)34/h4-10,15H,3,11-14,16-17H2,1-2H3. The van der Waals surface area contributed by atoms with Gasteiger partial charge in [0.2, 0.25) is 0 Å². The number of likely N-dealkylation sites (N-methyl/N-ethyl adjacent to an activating group) is 1.